The lowest BCUT2D eigenvalue weighted by atomic mass is 10.1. The highest BCUT2D eigenvalue weighted by molar-refractivity contribution is 6.36. The fourth-order valence-electron chi connectivity index (χ4n) is 2.39. The van der Waals surface area contributed by atoms with Gasteiger partial charge < -0.3 is 9.42 Å². The minimum absolute atomic E-state index is 0.166. The Morgan fingerprint density at radius 2 is 2.00 bits per heavy atom. The molecule has 0 aliphatic carbocycles. The van der Waals surface area contributed by atoms with Crippen LogP contribution in [0.4, 0.5) is 0 Å². The maximum atomic E-state index is 12.6. The molecule has 0 aliphatic heterocycles. The van der Waals surface area contributed by atoms with Crippen LogP contribution in [0.2, 0.25) is 15.1 Å². The SMILES string of the molecule is CCn1cc(Cl)c(CN(C)C(=O)c2cc(-c3ccc(Cl)cc3Cl)on2)n1. The fraction of sp³-hybridized carbons (Fsp3) is 0.235. The van der Waals surface area contributed by atoms with Crippen molar-refractivity contribution in [3.8, 4) is 11.3 Å². The number of hydrogen-bond acceptors (Lipinski definition) is 4. The summed E-state index contributed by atoms with van der Waals surface area (Å²) in [6.07, 6.45) is 1.73. The second kappa shape index (κ2) is 7.70. The Balaban J connectivity index is 1.77. The topological polar surface area (TPSA) is 64.2 Å². The van der Waals surface area contributed by atoms with Crippen LogP contribution in [0, 0.1) is 0 Å². The molecule has 0 spiro atoms. The van der Waals surface area contributed by atoms with Crippen LogP contribution >= 0.6 is 34.8 Å². The molecule has 26 heavy (non-hydrogen) atoms. The molecular weight excluding hydrogens is 399 g/mol. The Bertz CT molecular complexity index is 951. The third-order valence-electron chi connectivity index (χ3n) is 3.77. The summed E-state index contributed by atoms with van der Waals surface area (Å²) in [6.45, 7) is 2.92. The lowest BCUT2D eigenvalue weighted by Crippen LogP contribution is -2.26. The zero-order valence-electron chi connectivity index (χ0n) is 14.0. The maximum absolute atomic E-state index is 12.6. The molecule has 2 heterocycles. The van der Waals surface area contributed by atoms with E-state index in [4.69, 9.17) is 39.3 Å². The van der Waals surface area contributed by atoms with Crippen LogP contribution in [-0.4, -0.2) is 32.8 Å². The number of aromatic nitrogens is 3. The van der Waals surface area contributed by atoms with E-state index in [-0.39, 0.29) is 18.1 Å². The van der Waals surface area contributed by atoms with E-state index >= 15 is 0 Å². The van der Waals surface area contributed by atoms with Gasteiger partial charge in [0.25, 0.3) is 5.91 Å². The van der Waals surface area contributed by atoms with E-state index in [0.717, 1.165) is 0 Å². The lowest BCUT2D eigenvalue weighted by Gasteiger charge is -2.14. The quantitative estimate of drug-likeness (QED) is 0.603. The van der Waals surface area contributed by atoms with E-state index in [1.165, 1.54) is 4.90 Å². The molecular formula is C17H15Cl3N4O2. The van der Waals surface area contributed by atoms with Gasteiger partial charge in [-0.05, 0) is 25.1 Å². The van der Waals surface area contributed by atoms with Crippen molar-refractivity contribution in [2.45, 2.75) is 20.0 Å². The average molecular weight is 414 g/mol. The molecule has 0 radical (unpaired) electrons. The first-order valence-electron chi connectivity index (χ1n) is 7.78. The highest BCUT2D eigenvalue weighted by atomic mass is 35.5. The van der Waals surface area contributed by atoms with Gasteiger partial charge in [0.15, 0.2) is 11.5 Å². The van der Waals surface area contributed by atoms with Gasteiger partial charge >= 0.3 is 0 Å². The van der Waals surface area contributed by atoms with Gasteiger partial charge in [0.2, 0.25) is 0 Å². The maximum Gasteiger partial charge on any atom is 0.276 e. The van der Waals surface area contributed by atoms with Crippen molar-refractivity contribution in [2.75, 3.05) is 7.05 Å². The molecule has 0 bridgehead atoms. The van der Waals surface area contributed by atoms with Crippen molar-refractivity contribution in [2.24, 2.45) is 0 Å². The highest BCUT2D eigenvalue weighted by Gasteiger charge is 2.20. The molecule has 6 nitrogen and oxygen atoms in total. The summed E-state index contributed by atoms with van der Waals surface area (Å²) in [5.74, 6) is 0.0731. The molecule has 136 valence electrons. The number of carbonyl (C=O) groups excluding carboxylic acids is 1. The molecule has 3 aromatic rings. The summed E-state index contributed by atoms with van der Waals surface area (Å²) in [4.78, 5) is 14.1. The van der Waals surface area contributed by atoms with Gasteiger partial charge in [-0.3, -0.25) is 9.48 Å². The Morgan fingerprint density at radius 3 is 2.65 bits per heavy atom. The van der Waals surface area contributed by atoms with Gasteiger partial charge in [0, 0.05) is 36.4 Å². The van der Waals surface area contributed by atoms with Gasteiger partial charge in [0.05, 0.1) is 16.6 Å². The molecule has 0 saturated carbocycles. The van der Waals surface area contributed by atoms with Crippen molar-refractivity contribution in [3.63, 3.8) is 0 Å². The van der Waals surface area contributed by atoms with E-state index in [0.29, 0.717) is 38.6 Å². The molecule has 2 aromatic heterocycles. The van der Waals surface area contributed by atoms with Crippen LogP contribution in [0.3, 0.4) is 0 Å². The van der Waals surface area contributed by atoms with Gasteiger partial charge in [-0.2, -0.15) is 5.10 Å². The smallest absolute Gasteiger partial charge is 0.276 e. The first kappa shape index (κ1) is 18.8. The summed E-state index contributed by atoms with van der Waals surface area (Å²) in [5.41, 5.74) is 1.39. The number of benzene rings is 1. The Morgan fingerprint density at radius 1 is 1.23 bits per heavy atom. The van der Waals surface area contributed by atoms with E-state index in [1.54, 1.807) is 42.2 Å². The normalized spacial score (nSPS) is 11.0. The van der Waals surface area contributed by atoms with Crippen LogP contribution < -0.4 is 0 Å². The minimum Gasteiger partial charge on any atom is -0.355 e. The van der Waals surface area contributed by atoms with Crippen molar-refractivity contribution < 1.29 is 9.32 Å². The highest BCUT2D eigenvalue weighted by Crippen LogP contribution is 2.31. The molecule has 1 amide bonds. The first-order valence-corrected chi connectivity index (χ1v) is 8.92. The molecule has 0 N–H and O–H groups in total. The third-order valence-corrected chi connectivity index (χ3v) is 4.63. The minimum atomic E-state index is -0.313. The lowest BCUT2D eigenvalue weighted by molar-refractivity contribution is 0.0773. The summed E-state index contributed by atoms with van der Waals surface area (Å²) < 4.78 is 6.98. The second-order valence-electron chi connectivity index (χ2n) is 5.64. The molecule has 9 heteroatoms. The molecule has 1 aromatic carbocycles. The van der Waals surface area contributed by atoms with Crippen LogP contribution in [-0.2, 0) is 13.1 Å². The van der Waals surface area contributed by atoms with Gasteiger partial charge in [-0.15, -0.1) is 0 Å². The van der Waals surface area contributed by atoms with Crippen molar-refractivity contribution in [1.82, 2.24) is 19.8 Å². The van der Waals surface area contributed by atoms with Gasteiger partial charge in [0.1, 0.15) is 5.69 Å². The molecule has 3 rings (SSSR count). The van der Waals surface area contributed by atoms with E-state index < -0.39 is 0 Å². The number of rotatable bonds is 5. The third kappa shape index (κ3) is 3.87. The van der Waals surface area contributed by atoms with E-state index in [1.807, 2.05) is 6.92 Å². The predicted molar refractivity (Wildman–Crippen MR) is 101 cm³/mol. The molecule has 0 aliphatic rings. The fourth-order valence-corrected chi connectivity index (χ4v) is 3.10. The average Bonchev–Trinajstić information content (AvgIpc) is 3.21. The van der Waals surface area contributed by atoms with Crippen molar-refractivity contribution >= 4 is 40.7 Å². The summed E-state index contributed by atoms with van der Waals surface area (Å²) >= 11 is 18.2. The molecule has 0 saturated heterocycles. The zero-order valence-corrected chi connectivity index (χ0v) is 16.3. The number of amides is 1. The number of aryl methyl sites for hydroxylation is 1. The monoisotopic (exact) mass is 412 g/mol. The molecule has 0 unspecified atom stereocenters. The number of hydrogen-bond donors (Lipinski definition) is 0. The van der Waals surface area contributed by atoms with E-state index in [9.17, 15) is 4.79 Å². The summed E-state index contributed by atoms with van der Waals surface area (Å²) in [5, 5.41) is 9.62. The Kier molecular flexibility index (Phi) is 5.55. The summed E-state index contributed by atoms with van der Waals surface area (Å²) in [6, 6.07) is 6.53. The molecule has 0 atom stereocenters. The number of carbonyl (C=O) groups is 1. The Labute approximate surface area is 165 Å². The second-order valence-corrected chi connectivity index (χ2v) is 6.89. The van der Waals surface area contributed by atoms with Gasteiger partial charge in [-0.1, -0.05) is 40.0 Å². The Hall–Kier alpha value is -2.02. The predicted octanol–water partition coefficient (Wildman–Crippen LogP) is 4.79. The standard InChI is InChI=1S/C17H15Cl3N4O2/c1-3-24-8-13(20)15(21-24)9-23(2)17(25)14-7-16(26-22-14)11-5-4-10(18)6-12(11)19/h4-8H,3,9H2,1-2H3. The number of nitrogens with zero attached hydrogens (tertiary/aromatic N) is 4. The van der Waals surface area contributed by atoms with Gasteiger partial charge in [-0.25, -0.2) is 0 Å². The van der Waals surface area contributed by atoms with E-state index in [2.05, 4.69) is 10.3 Å². The van der Waals surface area contributed by atoms with Crippen LogP contribution in [0.25, 0.3) is 11.3 Å². The molecule has 0 fully saturated rings. The zero-order chi connectivity index (χ0) is 18.8. The van der Waals surface area contributed by atoms with Crippen LogP contribution in [0.5, 0.6) is 0 Å². The van der Waals surface area contributed by atoms with Crippen LogP contribution in [0.1, 0.15) is 23.1 Å². The largest absolute Gasteiger partial charge is 0.355 e. The van der Waals surface area contributed by atoms with Crippen LogP contribution in [0.15, 0.2) is 35.0 Å². The summed E-state index contributed by atoms with van der Waals surface area (Å²) in [7, 11) is 1.65. The first-order chi connectivity index (χ1) is 12.4. The van der Waals surface area contributed by atoms with Crippen molar-refractivity contribution in [1.29, 1.82) is 0 Å². The number of halogens is 3. The van der Waals surface area contributed by atoms with Crippen molar-refractivity contribution in [3.05, 3.63) is 56.9 Å².